The van der Waals surface area contributed by atoms with Crippen LogP contribution in [0.2, 0.25) is 0 Å². The minimum absolute atomic E-state index is 0.0628. The van der Waals surface area contributed by atoms with Crippen LogP contribution in [0, 0.1) is 6.92 Å². The van der Waals surface area contributed by atoms with Gasteiger partial charge in [0, 0.05) is 10.4 Å². The number of primary sulfonamides is 1. The van der Waals surface area contributed by atoms with Gasteiger partial charge in [-0.25, -0.2) is 18.4 Å². The maximum Gasteiger partial charge on any atom is 0.349 e. The number of fused-ring (bicyclic) bond motifs is 1. The molecule has 0 spiro atoms. The number of thiophene rings is 1. The van der Waals surface area contributed by atoms with E-state index in [2.05, 4.69) is 5.32 Å². The Morgan fingerprint density at radius 3 is 2.41 bits per heavy atom. The van der Waals surface area contributed by atoms with Crippen LogP contribution in [0.4, 0.5) is 5.69 Å². The largest absolute Gasteiger partial charge is 0.451 e. The third-order valence-electron chi connectivity index (χ3n) is 3.83. The lowest BCUT2D eigenvalue weighted by Crippen LogP contribution is -2.21. The Balaban J connectivity index is 1.61. The van der Waals surface area contributed by atoms with E-state index in [4.69, 9.17) is 9.88 Å². The number of nitrogens with one attached hydrogen (secondary N) is 1. The van der Waals surface area contributed by atoms with Crippen LogP contribution < -0.4 is 10.5 Å². The van der Waals surface area contributed by atoms with Crippen molar-refractivity contribution in [1.29, 1.82) is 0 Å². The molecule has 0 saturated heterocycles. The zero-order chi connectivity index (χ0) is 19.6. The maximum atomic E-state index is 12.3. The third-order valence-corrected chi connectivity index (χ3v) is 6.01. The molecule has 3 aromatic rings. The number of carbonyl (C=O) groups excluding carboxylic acids is 2. The molecule has 3 rings (SSSR count). The second-order valence-electron chi connectivity index (χ2n) is 5.75. The summed E-state index contributed by atoms with van der Waals surface area (Å²) in [5.41, 5.74) is 1.18. The van der Waals surface area contributed by atoms with E-state index in [0.717, 1.165) is 15.6 Å². The van der Waals surface area contributed by atoms with Crippen LogP contribution in [0.1, 0.15) is 15.2 Å². The van der Waals surface area contributed by atoms with Gasteiger partial charge in [-0.3, -0.25) is 4.79 Å². The SMILES string of the molecule is Cc1c(C(=O)OCC(=O)Nc2ccc(S(N)(=O)=O)cc2)sc2ccccc12. The number of benzene rings is 2. The van der Waals surface area contributed by atoms with Crippen LogP contribution in [0.15, 0.2) is 53.4 Å². The van der Waals surface area contributed by atoms with Crippen molar-refractivity contribution in [2.45, 2.75) is 11.8 Å². The molecule has 0 unspecified atom stereocenters. The number of hydrogen-bond donors (Lipinski definition) is 2. The van der Waals surface area contributed by atoms with Gasteiger partial charge >= 0.3 is 5.97 Å². The molecule has 0 aliphatic heterocycles. The number of aryl methyl sites for hydroxylation is 1. The Bertz CT molecular complexity index is 1120. The van der Waals surface area contributed by atoms with Crippen molar-refractivity contribution in [1.82, 2.24) is 0 Å². The maximum absolute atomic E-state index is 12.3. The molecule has 7 nitrogen and oxygen atoms in total. The zero-order valence-corrected chi connectivity index (χ0v) is 15.9. The molecule has 3 N–H and O–H groups in total. The number of nitrogens with two attached hydrogens (primary N) is 1. The highest BCUT2D eigenvalue weighted by molar-refractivity contribution is 7.89. The first-order valence-corrected chi connectivity index (χ1v) is 10.2. The molecule has 0 saturated carbocycles. The summed E-state index contributed by atoms with van der Waals surface area (Å²) >= 11 is 1.32. The molecule has 0 atom stereocenters. The van der Waals surface area contributed by atoms with E-state index < -0.39 is 28.5 Å². The monoisotopic (exact) mass is 404 g/mol. The lowest BCUT2D eigenvalue weighted by molar-refractivity contribution is -0.119. The van der Waals surface area contributed by atoms with Gasteiger partial charge in [-0.05, 0) is 48.2 Å². The number of amides is 1. The average Bonchev–Trinajstić information content (AvgIpc) is 2.97. The minimum atomic E-state index is -3.80. The normalized spacial score (nSPS) is 11.3. The standard InChI is InChI=1S/C18H16N2O5S2/c1-11-14-4-2-3-5-15(14)26-17(11)18(22)25-10-16(21)20-12-6-8-13(9-7-12)27(19,23)24/h2-9H,10H2,1H3,(H,20,21)(H2,19,23,24). The molecular weight excluding hydrogens is 388 g/mol. The van der Waals surface area contributed by atoms with Crippen molar-refractivity contribution in [2.75, 3.05) is 11.9 Å². The van der Waals surface area contributed by atoms with Crippen molar-refractivity contribution in [3.63, 3.8) is 0 Å². The highest BCUT2D eigenvalue weighted by atomic mass is 32.2. The van der Waals surface area contributed by atoms with Gasteiger partial charge in [0.15, 0.2) is 6.61 Å². The molecule has 27 heavy (non-hydrogen) atoms. The van der Waals surface area contributed by atoms with Crippen molar-refractivity contribution in [3.8, 4) is 0 Å². The highest BCUT2D eigenvalue weighted by Gasteiger charge is 2.18. The van der Waals surface area contributed by atoms with Gasteiger partial charge in [0.25, 0.3) is 5.91 Å². The quantitative estimate of drug-likeness (QED) is 0.634. The van der Waals surface area contributed by atoms with Crippen LogP contribution in [0.25, 0.3) is 10.1 Å². The van der Waals surface area contributed by atoms with Gasteiger partial charge in [0.2, 0.25) is 10.0 Å². The van der Waals surface area contributed by atoms with E-state index in [1.54, 1.807) is 0 Å². The van der Waals surface area contributed by atoms with E-state index in [1.807, 2.05) is 31.2 Å². The van der Waals surface area contributed by atoms with Crippen LogP contribution in [0.3, 0.4) is 0 Å². The van der Waals surface area contributed by atoms with Crippen molar-refractivity contribution >= 4 is 49.0 Å². The van der Waals surface area contributed by atoms with Crippen molar-refractivity contribution in [3.05, 3.63) is 59.0 Å². The fourth-order valence-electron chi connectivity index (χ4n) is 2.49. The molecule has 0 bridgehead atoms. The summed E-state index contributed by atoms with van der Waals surface area (Å²) in [6.45, 7) is 1.38. The highest BCUT2D eigenvalue weighted by Crippen LogP contribution is 2.30. The molecule has 140 valence electrons. The molecule has 1 aromatic heterocycles. The smallest absolute Gasteiger partial charge is 0.349 e. The van der Waals surface area contributed by atoms with Crippen molar-refractivity contribution in [2.24, 2.45) is 5.14 Å². The zero-order valence-electron chi connectivity index (χ0n) is 14.3. The number of carbonyl (C=O) groups is 2. The lowest BCUT2D eigenvalue weighted by atomic mass is 10.1. The summed E-state index contributed by atoms with van der Waals surface area (Å²) in [4.78, 5) is 24.6. The first kappa shape index (κ1) is 19.0. The molecule has 1 amide bonds. The molecule has 0 aliphatic carbocycles. The molecule has 9 heteroatoms. The van der Waals surface area contributed by atoms with Gasteiger partial charge in [-0.1, -0.05) is 18.2 Å². The molecule has 0 aliphatic rings. The van der Waals surface area contributed by atoms with Gasteiger partial charge < -0.3 is 10.1 Å². The fraction of sp³-hybridized carbons (Fsp3) is 0.111. The number of rotatable bonds is 5. The number of anilines is 1. The van der Waals surface area contributed by atoms with Gasteiger partial charge in [-0.15, -0.1) is 11.3 Å². The summed E-state index contributed by atoms with van der Waals surface area (Å²) in [5.74, 6) is -1.10. The van der Waals surface area contributed by atoms with E-state index >= 15 is 0 Å². The molecule has 2 aromatic carbocycles. The predicted molar refractivity (Wildman–Crippen MR) is 103 cm³/mol. The Morgan fingerprint density at radius 2 is 1.78 bits per heavy atom. The van der Waals surface area contributed by atoms with Crippen LogP contribution in [0.5, 0.6) is 0 Å². The summed E-state index contributed by atoms with van der Waals surface area (Å²) in [7, 11) is -3.80. The van der Waals surface area contributed by atoms with E-state index in [9.17, 15) is 18.0 Å². The minimum Gasteiger partial charge on any atom is -0.451 e. The summed E-state index contributed by atoms with van der Waals surface area (Å²) < 4.78 is 28.5. The summed E-state index contributed by atoms with van der Waals surface area (Å²) in [6.07, 6.45) is 0. The Kier molecular flexibility index (Phi) is 5.26. The predicted octanol–water partition coefficient (Wildman–Crippen LogP) is 2.65. The van der Waals surface area contributed by atoms with Crippen LogP contribution in [-0.4, -0.2) is 26.9 Å². The fourth-order valence-corrected chi connectivity index (χ4v) is 4.11. The van der Waals surface area contributed by atoms with Gasteiger partial charge in [0.1, 0.15) is 4.88 Å². The molecule has 1 heterocycles. The van der Waals surface area contributed by atoms with E-state index in [0.29, 0.717) is 10.6 Å². The summed E-state index contributed by atoms with van der Waals surface area (Å²) in [6, 6.07) is 13.0. The van der Waals surface area contributed by atoms with Crippen LogP contribution in [-0.2, 0) is 19.6 Å². The topological polar surface area (TPSA) is 116 Å². The number of hydrogen-bond acceptors (Lipinski definition) is 6. The van der Waals surface area contributed by atoms with Crippen molar-refractivity contribution < 1.29 is 22.7 Å². The Hall–Kier alpha value is -2.75. The first-order chi connectivity index (χ1) is 12.8. The first-order valence-electron chi connectivity index (χ1n) is 7.83. The molecule has 0 fully saturated rings. The number of esters is 1. The van der Waals surface area contributed by atoms with Gasteiger partial charge in [-0.2, -0.15) is 0 Å². The Morgan fingerprint density at radius 1 is 1.11 bits per heavy atom. The average molecular weight is 404 g/mol. The van der Waals surface area contributed by atoms with E-state index in [1.165, 1.54) is 35.6 Å². The Labute approximate surface area is 159 Å². The molecular formula is C18H16N2O5S2. The summed E-state index contributed by atoms with van der Waals surface area (Å²) in [5, 5.41) is 8.51. The van der Waals surface area contributed by atoms with Crippen LogP contribution >= 0.6 is 11.3 Å². The lowest BCUT2D eigenvalue weighted by Gasteiger charge is -2.07. The molecule has 0 radical (unpaired) electrons. The third kappa shape index (κ3) is 4.33. The number of ether oxygens (including phenoxy) is 1. The van der Waals surface area contributed by atoms with Gasteiger partial charge in [0.05, 0.1) is 4.90 Å². The second-order valence-corrected chi connectivity index (χ2v) is 8.36. The number of sulfonamides is 1. The van der Waals surface area contributed by atoms with E-state index in [-0.39, 0.29) is 4.90 Å². The second kappa shape index (κ2) is 7.47.